The zero-order valence-electron chi connectivity index (χ0n) is 13.9. The van der Waals surface area contributed by atoms with E-state index in [0.717, 1.165) is 25.9 Å². The topological polar surface area (TPSA) is 91.1 Å². The van der Waals surface area contributed by atoms with Crippen molar-refractivity contribution in [3.63, 3.8) is 0 Å². The third-order valence-electron chi connectivity index (χ3n) is 4.54. The summed E-state index contributed by atoms with van der Waals surface area (Å²) in [5.41, 5.74) is 0.407. The molecule has 0 bridgehead atoms. The number of hydrogen-bond donors (Lipinski definition) is 2. The summed E-state index contributed by atoms with van der Waals surface area (Å²) in [5, 5.41) is 15.0. The molecule has 1 aromatic carbocycles. The van der Waals surface area contributed by atoms with Crippen LogP contribution in [0.1, 0.15) is 24.3 Å². The quantitative estimate of drug-likeness (QED) is 0.739. The number of piperidine rings is 1. The molecule has 1 saturated heterocycles. The van der Waals surface area contributed by atoms with Crippen molar-refractivity contribution in [2.24, 2.45) is 0 Å². The highest BCUT2D eigenvalue weighted by Gasteiger charge is 2.35. The zero-order valence-corrected chi connectivity index (χ0v) is 13.9. The Labute approximate surface area is 145 Å². The number of β-amino-alcohol motifs (C(OH)–C–C–N with tert-alkyl or cyclic N) is 1. The molecule has 3 heterocycles. The minimum Gasteiger partial charge on any atom is -0.388 e. The van der Waals surface area contributed by atoms with Crippen molar-refractivity contribution in [3.05, 3.63) is 54.2 Å². The van der Waals surface area contributed by atoms with Gasteiger partial charge < -0.3 is 14.6 Å². The fraction of sp³-hybridized carbons (Fsp3) is 0.389. The molecule has 4 rings (SSSR count). The first-order chi connectivity index (χ1) is 12.2. The van der Waals surface area contributed by atoms with Crippen molar-refractivity contribution in [2.75, 3.05) is 13.1 Å². The lowest BCUT2D eigenvalue weighted by molar-refractivity contribution is -0.0373. The minimum absolute atomic E-state index is 0.353. The number of likely N-dealkylation sites (tertiary alicyclic amines) is 1. The van der Waals surface area contributed by atoms with Crippen LogP contribution in [0.2, 0.25) is 0 Å². The molecular weight excluding hydrogens is 318 g/mol. The number of H-pyrrole nitrogens is 1. The van der Waals surface area contributed by atoms with E-state index in [1.54, 1.807) is 12.4 Å². The Balaban J connectivity index is 1.42. The van der Waals surface area contributed by atoms with Crippen LogP contribution in [-0.2, 0) is 13.0 Å². The van der Waals surface area contributed by atoms with Crippen LogP contribution in [0.5, 0.6) is 0 Å². The Morgan fingerprint density at radius 2 is 2.16 bits per heavy atom. The number of hydrogen-bond acceptors (Lipinski definition) is 6. The van der Waals surface area contributed by atoms with Gasteiger partial charge in [0.05, 0.1) is 12.0 Å². The smallest absolute Gasteiger partial charge is 0.238 e. The van der Waals surface area contributed by atoms with Crippen molar-refractivity contribution in [1.82, 2.24) is 25.0 Å². The van der Waals surface area contributed by atoms with E-state index in [0.29, 0.717) is 30.5 Å². The molecule has 1 aliphatic heterocycles. The summed E-state index contributed by atoms with van der Waals surface area (Å²) in [7, 11) is 0. The molecule has 7 nitrogen and oxygen atoms in total. The number of benzene rings is 1. The molecule has 25 heavy (non-hydrogen) atoms. The number of aromatic amines is 1. The summed E-state index contributed by atoms with van der Waals surface area (Å²) in [6, 6.07) is 10.3. The van der Waals surface area contributed by atoms with E-state index in [1.165, 1.54) is 5.56 Å². The van der Waals surface area contributed by atoms with Gasteiger partial charge in [0.25, 0.3) is 0 Å². The molecule has 0 radical (unpaired) electrons. The number of nitrogens with zero attached hydrogens (tertiary/aromatic N) is 4. The first kappa shape index (κ1) is 16.0. The van der Waals surface area contributed by atoms with Gasteiger partial charge in [0, 0.05) is 25.5 Å². The van der Waals surface area contributed by atoms with Gasteiger partial charge in [-0.25, -0.2) is 4.98 Å². The summed E-state index contributed by atoms with van der Waals surface area (Å²) < 4.78 is 5.31. The maximum atomic E-state index is 11.0. The van der Waals surface area contributed by atoms with E-state index in [9.17, 15) is 5.11 Å². The second-order valence-electron chi connectivity index (χ2n) is 6.65. The van der Waals surface area contributed by atoms with Gasteiger partial charge in [-0.2, -0.15) is 4.98 Å². The van der Waals surface area contributed by atoms with Gasteiger partial charge in [0.2, 0.25) is 11.7 Å². The fourth-order valence-electron chi connectivity index (χ4n) is 3.42. The second kappa shape index (κ2) is 6.78. The highest BCUT2D eigenvalue weighted by atomic mass is 16.5. The summed E-state index contributed by atoms with van der Waals surface area (Å²) in [6.07, 6.45) is 5.38. The van der Waals surface area contributed by atoms with Crippen LogP contribution in [0.25, 0.3) is 11.6 Å². The van der Waals surface area contributed by atoms with E-state index in [-0.39, 0.29) is 0 Å². The van der Waals surface area contributed by atoms with Crippen LogP contribution in [0.4, 0.5) is 0 Å². The largest absolute Gasteiger partial charge is 0.388 e. The third-order valence-corrected chi connectivity index (χ3v) is 4.54. The molecule has 1 unspecified atom stereocenters. The zero-order chi connectivity index (χ0) is 17.1. The molecule has 0 spiro atoms. The molecule has 2 aromatic heterocycles. The van der Waals surface area contributed by atoms with E-state index in [1.807, 2.05) is 18.2 Å². The maximum Gasteiger partial charge on any atom is 0.238 e. The first-order valence-electron chi connectivity index (χ1n) is 8.51. The minimum atomic E-state index is -0.847. The number of nitrogens with one attached hydrogen (secondary N) is 1. The van der Waals surface area contributed by atoms with Gasteiger partial charge in [-0.1, -0.05) is 35.5 Å². The maximum absolute atomic E-state index is 11.0. The van der Waals surface area contributed by atoms with E-state index < -0.39 is 5.60 Å². The lowest BCUT2D eigenvalue weighted by Crippen LogP contribution is -2.49. The standard InChI is InChI=1S/C18H21N5O2/c24-18(11-15-21-17(22-25-15)16-19-8-9-20-16)7-4-10-23(13-18)12-14-5-2-1-3-6-14/h1-3,5-6,8-9,24H,4,7,10-13H2,(H,19,20). The molecule has 1 fully saturated rings. The van der Waals surface area contributed by atoms with Crippen molar-refractivity contribution in [2.45, 2.75) is 31.4 Å². The molecular formula is C18H21N5O2. The van der Waals surface area contributed by atoms with Gasteiger partial charge in [-0.05, 0) is 24.9 Å². The van der Waals surface area contributed by atoms with E-state index >= 15 is 0 Å². The number of rotatable bonds is 5. The van der Waals surface area contributed by atoms with Gasteiger partial charge in [0.15, 0.2) is 5.82 Å². The van der Waals surface area contributed by atoms with Crippen molar-refractivity contribution < 1.29 is 9.63 Å². The number of aromatic nitrogens is 4. The monoisotopic (exact) mass is 339 g/mol. The average Bonchev–Trinajstić information content (AvgIpc) is 3.27. The molecule has 7 heteroatoms. The Bertz CT molecular complexity index is 802. The van der Waals surface area contributed by atoms with Gasteiger partial charge in [-0.3, -0.25) is 4.90 Å². The van der Waals surface area contributed by atoms with Gasteiger partial charge in [0.1, 0.15) is 0 Å². The van der Waals surface area contributed by atoms with Gasteiger partial charge >= 0.3 is 0 Å². The Kier molecular flexibility index (Phi) is 4.33. The average molecular weight is 339 g/mol. The van der Waals surface area contributed by atoms with E-state index in [2.05, 4.69) is 37.1 Å². The Hall–Kier alpha value is -2.51. The summed E-state index contributed by atoms with van der Waals surface area (Å²) in [5.74, 6) is 1.42. The van der Waals surface area contributed by atoms with Crippen LogP contribution >= 0.6 is 0 Å². The predicted molar refractivity (Wildman–Crippen MR) is 91.5 cm³/mol. The van der Waals surface area contributed by atoms with Crippen LogP contribution in [0.3, 0.4) is 0 Å². The molecule has 0 amide bonds. The van der Waals surface area contributed by atoms with Crippen LogP contribution in [-0.4, -0.2) is 48.8 Å². The second-order valence-corrected chi connectivity index (χ2v) is 6.65. The Morgan fingerprint density at radius 1 is 1.28 bits per heavy atom. The third kappa shape index (κ3) is 3.78. The highest BCUT2D eigenvalue weighted by Crippen LogP contribution is 2.26. The normalized spacial score (nSPS) is 21.5. The summed E-state index contributed by atoms with van der Waals surface area (Å²) in [4.78, 5) is 13.7. The number of imidazole rings is 1. The molecule has 0 aliphatic carbocycles. The SMILES string of the molecule is OC1(Cc2nc(-c3ncc[nH]3)no2)CCCN(Cc2ccccc2)C1. The highest BCUT2D eigenvalue weighted by molar-refractivity contribution is 5.40. The molecule has 3 aromatic rings. The lowest BCUT2D eigenvalue weighted by atomic mass is 9.89. The van der Waals surface area contributed by atoms with Crippen molar-refractivity contribution in [3.8, 4) is 11.6 Å². The van der Waals surface area contributed by atoms with E-state index in [4.69, 9.17) is 4.52 Å². The van der Waals surface area contributed by atoms with Crippen molar-refractivity contribution in [1.29, 1.82) is 0 Å². The fourth-order valence-corrected chi connectivity index (χ4v) is 3.42. The molecule has 1 aliphatic rings. The lowest BCUT2D eigenvalue weighted by Gasteiger charge is -2.38. The molecule has 1 atom stereocenters. The van der Waals surface area contributed by atoms with Crippen LogP contribution in [0.15, 0.2) is 47.2 Å². The summed E-state index contributed by atoms with van der Waals surface area (Å²) in [6.45, 7) is 2.42. The first-order valence-corrected chi connectivity index (χ1v) is 8.51. The van der Waals surface area contributed by atoms with Crippen molar-refractivity contribution >= 4 is 0 Å². The molecule has 2 N–H and O–H groups in total. The predicted octanol–water partition coefficient (Wildman–Crippen LogP) is 2.03. The molecule has 0 saturated carbocycles. The van der Waals surface area contributed by atoms with Crippen LogP contribution < -0.4 is 0 Å². The van der Waals surface area contributed by atoms with Crippen LogP contribution in [0, 0.1) is 0 Å². The van der Waals surface area contributed by atoms with Gasteiger partial charge in [-0.15, -0.1) is 0 Å². The molecule has 130 valence electrons. The number of aliphatic hydroxyl groups is 1. The summed E-state index contributed by atoms with van der Waals surface area (Å²) >= 11 is 0. The Morgan fingerprint density at radius 3 is 2.96 bits per heavy atom.